The van der Waals surface area contributed by atoms with Crippen LogP contribution >= 0.6 is 0 Å². The molecule has 1 aromatic rings. The molecule has 1 rings (SSSR count). The molecule has 1 aromatic heterocycles. The van der Waals surface area contributed by atoms with Crippen LogP contribution < -0.4 is 5.32 Å². The van der Waals surface area contributed by atoms with Crippen LogP contribution in [0, 0.1) is 0 Å². The third-order valence-corrected chi connectivity index (χ3v) is 4.63. The van der Waals surface area contributed by atoms with Gasteiger partial charge in [0.1, 0.15) is 0 Å². The van der Waals surface area contributed by atoms with E-state index in [4.69, 9.17) is 0 Å². The van der Waals surface area contributed by atoms with Crippen molar-refractivity contribution in [2.24, 2.45) is 0 Å². The summed E-state index contributed by atoms with van der Waals surface area (Å²) in [6, 6.07) is 0. The first kappa shape index (κ1) is 13.1. The topological polar surface area (TPSA) is 72.0 Å². The second-order valence-electron chi connectivity index (χ2n) is 4.33. The van der Waals surface area contributed by atoms with Gasteiger partial charge in [-0.15, -0.1) is 0 Å². The van der Waals surface area contributed by atoms with Crippen molar-refractivity contribution in [1.29, 1.82) is 0 Å². The molecule has 0 saturated carbocycles. The molecule has 0 atom stereocenters. The van der Waals surface area contributed by atoms with E-state index in [1.807, 2.05) is 0 Å². The largest absolute Gasteiger partial charge is 0.310 e. The van der Waals surface area contributed by atoms with Crippen LogP contribution in [0.5, 0.6) is 0 Å². The van der Waals surface area contributed by atoms with Crippen LogP contribution in [0.3, 0.4) is 0 Å². The lowest BCUT2D eigenvalue weighted by Crippen LogP contribution is -2.41. The highest BCUT2D eigenvalue weighted by molar-refractivity contribution is 7.92. The summed E-state index contributed by atoms with van der Waals surface area (Å²) in [7, 11) is -3.06. The summed E-state index contributed by atoms with van der Waals surface area (Å²) in [6.45, 7) is 4.31. The molecule has 0 amide bonds. The minimum Gasteiger partial charge on any atom is -0.310 e. The third kappa shape index (κ3) is 3.53. The second kappa shape index (κ2) is 4.88. The van der Waals surface area contributed by atoms with Gasteiger partial charge in [-0.05, 0) is 13.8 Å². The molecule has 5 nitrogen and oxygen atoms in total. The van der Waals surface area contributed by atoms with Crippen LogP contribution in [0.15, 0.2) is 18.6 Å². The van der Waals surface area contributed by atoms with Crippen LogP contribution in [0.4, 0.5) is 0 Å². The fourth-order valence-electron chi connectivity index (χ4n) is 1.04. The number of rotatable bonds is 5. The lowest BCUT2D eigenvalue weighted by atomic mass is 10.2. The summed E-state index contributed by atoms with van der Waals surface area (Å²) in [4.78, 5) is 8.01. The van der Waals surface area contributed by atoms with E-state index in [-0.39, 0.29) is 0 Å². The van der Waals surface area contributed by atoms with Gasteiger partial charge >= 0.3 is 0 Å². The van der Waals surface area contributed by atoms with Crippen molar-refractivity contribution >= 4 is 9.84 Å². The Balaban J connectivity index is 2.48. The molecule has 0 aliphatic carbocycles. The zero-order valence-electron chi connectivity index (χ0n) is 9.77. The Labute approximate surface area is 96.2 Å². The summed E-state index contributed by atoms with van der Waals surface area (Å²) < 4.78 is 22.1. The summed E-state index contributed by atoms with van der Waals surface area (Å²) in [5, 5.41) is 3.07. The van der Waals surface area contributed by atoms with Gasteiger partial charge in [-0.1, -0.05) is 0 Å². The standard InChI is InChI=1S/C10H17N3O2S/c1-10(2,16(3,14)15)8-12-7-9-6-11-4-5-13-9/h4-6,12H,7-8H2,1-3H3. The summed E-state index contributed by atoms with van der Waals surface area (Å²) >= 11 is 0. The van der Waals surface area contributed by atoms with E-state index in [9.17, 15) is 8.42 Å². The average molecular weight is 243 g/mol. The molecule has 0 bridgehead atoms. The molecule has 16 heavy (non-hydrogen) atoms. The normalized spacial score (nSPS) is 12.7. The van der Waals surface area contributed by atoms with E-state index in [1.165, 1.54) is 6.26 Å². The van der Waals surface area contributed by atoms with Crippen molar-refractivity contribution in [3.8, 4) is 0 Å². The van der Waals surface area contributed by atoms with Gasteiger partial charge in [0.05, 0.1) is 10.4 Å². The summed E-state index contributed by atoms with van der Waals surface area (Å²) in [5.41, 5.74) is 0.798. The van der Waals surface area contributed by atoms with Crippen molar-refractivity contribution in [2.45, 2.75) is 25.1 Å². The fraction of sp³-hybridized carbons (Fsp3) is 0.600. The van der Waals surface area contributed by atoms with Gasteiger partial charge in [0, 0.05) is 37.9 Å². The molecule has 0 radical (unpaired) electrons. The zero-order chi connectivity index (χ0) is 12.2. The Morgan fingerprint density at radius 3 is 2.56 bits per heavy atom. The molecule has 0 aliphatic heterocycles. The average Bonchev–Trinajstić information content (AvgIpc) is 2.17. The number of hydrogen-bond donors (Lipinski definition) is 1. The van der Waals surface area contributed by atoms with Crippen LogP contribution in [-0.2, 0) is 16.4 Å². The highest BCUT2D eigenvalue weighted by Crippen LogP contribution is 2.13. The third-order valence-electron chi connectivity index (χ3n) is 2.48. The molecule has 0 saturated heterocycles. The number of nitrogens with one attached hydrogen (secondary N) is 1. The Morgan fingerprint density at radius 1 is 1.38 bits per heavy atom. The molecule has 0 aliphatic rings. The quantitative estimate of drug-likeness (QED) is 0.810. The van der Waals surface area contributed by atoms with Crippen molar-refractivity contribution in [1.82, 2.24) is 15.3 Å². The Kier molecular flexibility index (Phi) is 3.98. The predicted octanol–water partition coefficient (Wildman–Crippen LogP) is 0.389. The van der Waals surface area contributed by atoms with E-state index in [2.05, 4.69) is 15.3 Å². The van der Waals surface area contributed by atoms with Crippen molar-refractivity contribution in [3.05, 3.63) is 24.3 Å². The molecule has 0 unspecified atom stereocenters. The van der Waals surface area contributed by atoms with Gasteiger partial charge in [-0.2, -0.15) is 0 Å². The molecule has 6 heteroatoms. The molecular weight excluding hydrogens is 226 g/mol. The van der Waals surface area contributed by atoms with E-state index in [0.717, 1.165) is 5.69 Å². The first-order chi connectivity index (χ1) is 7.33. The lowest BCUT2D eigenvalue weighted by Gasteiger charge is -2.22. The number of nitrogens with zero attached hydrogens (tertiary/aromatic N) is 2. The van der Waals surface area contributed by atoms with Gasteiger partial charge in [0.25, 0.3) is 0 Å². The molecule has 90 valence electrons. The van der Waals surface area contributed by atoms with E-state index in [1.54, 1.807) is 32.4 Å². The maximum absolute atomic E-state index is 11.4. The van der Waals surface area contributed by atoms with Crippen molar-refractivity contribution < 1.29 is 8.42 Å². The minimum atomic E-state index is -3.06. The van der Waals surface area contributed by atoms with E-state index < -0.39 is 14.6 Å². The second-order valence-corrected chi connectivity index (χ2v) is 6.98. The predicted molar refractivity (Wildman–Crippen MR) is 62.7 cm³/mol. The maximum atomic E-state index is 11.4. The van der Waals surface area contributed by atoms with Crippen molar-refractivity contribution in [2.75, 3.05) is 12.8 Å². The molecule has 0 aromatic carbocycles. The zero-order valence-corrected chi connectivity index (χ0v) is 10.6. The number of hydrogen-bond acceptors (Lipinski definition) is 5. The monoisotopic (exact) mass is 243 g/mol. The first-order valence-electron chi connectivity index (χ1n) is 4.98. The fourth-order valence-corrected chi connectivity index (χ4v) is 1.41. The van der Waals surface area contributed by atoms with E-state index >= 15 is 0 Å². The summed E-state index contributed by atoms with van der Waals surface area (Å²) in [6.07, 6.45) is 6.11. The molecule has 0 spiro atoms. The van der Waals surface area contributed by atoms with Gasteiger partial charge in [-0.3, -0.25) is 9.97 Å². The highest BCUT2D eigenvalue weighted by atomic mass is 32.2. The SMILES string of the molecule is CC(C)(CNCc1cnccn1)S(C)(=O)=O. The molecular formula is C10H17N3O2S. The van der Waals surface area contributed by atoms with Crippen LogP contribution in [0.1, 0.15) is 19.5 Å². The highest BCUT2D eigenvalue weighted by Gasteiger charge is 2.29. The lowest BCUT2D eigenvalue weighted by molar-refractivity contribution is 0.519. The van der Waals surface area contributed by atoms with Crippen molar-refractivity contribution in [3.63, 3.8) is 0 Å². The molecule has 1 N–H and O–H groups in total. The Bertz CT molecular complexity index is 429. The smallest absolute Gasteiger partial charge is 0.153 e. The Hall–Kier alpha value is -1.01. The maximum Gasteiger partial charge on any atom is 0.153 e. The van der Waals surface area contributed by atoms with Gasteiger partial charge in [0.15, 0.2) is 9.84 Å². The van der Waals surface area contributed by atoms with Crippen LogP contribution in [-0.4, -0.2) is 35.9 Å². The Morgan fingerprint density at radius 2 is 2.06 bits per heavy atom. The number of aromatic nitrogens is 2. The first-order valence-corrected chi connectivity index (χ1v) is 6.87. The minimum absolute atomic E-state index is 0.391. The van der Waals surface area contributed by atoms with Gasteiger partial charge in [-0.25, -0.2) is 8.42 Å². The van der Waals surface area contributed by atoms with Crippen LogP contribution in [0.2, 0.25) is 0 Å². The van der Waals surface area contributed by atoms with Gasteiger partial charge in [0.2, 0.25) is 0 Å². The number of sulfone groups is 1. The van der Waals surface area contributed by atoms with Crippen LogP contribution in [0.25, 0.3) is 0 Å². The molecule has 0 fully saturated rings. The molecule has 1 heterocycles. The van der Waals surface area contributed by atoms with Gasteiger partial charge < -0.3 is 5.32 Å². The summed E-state index contributed by atoms with van der Waals surface area (Å²) in [5.74, 6) is 0. The van der Waals surface area contributed by atoms with E-state index in [0.29, 0.717) is 13.1 Å².